The monoisotopic (exact) mass is 347 g/mol. The molecule has 0 aliphatic carbocycles. The molecule has 0 saturated carbocycles. The highest BCUT2D eigenvalue weighted by molar-refractivity contribution is 5.97. The first-order chi connectivity index (χ1) is 11.2. The van der Waals surface area contributed by atoms with Crippen molar-refractivity contribution >= 4 is 17.8 Å². The number of rotatable bonds is 6. The Morgan fingerprint density at radius 1 is 1.08 bits per heavy atom. The topological polar surface area (TPSA) is 81.7 Å². The number of hydrogen-bond acceptors (Lipinski definition) is 5. The van der Waals surface area contributed by atoms with Crippen LogP contribution < -0.4 is 5.32 Å². The molecule has 0 bridgehead atoms. The summed E-state index contributed by atoms with van der Waals surface area (Å²) in [5.41, 5.74) is -1.05. The standard InChI is InChI=1S/C15H16F3NO5/c1-7(4-11(20)23-2)13(15(22)24-3)19-14(21)12-9(17)5-8(16)6-10(12)18/h5-7,13H,4H2,1-3H3,(H,19,21)/t7-,13+/m1/s1. The first-order valence-corrected chi connectivity index (χ1v) is 6.81. The lowest BCUT2D eigenvalue weighted by molar-refractivity contribution is -0.146. The van der Waals surface area contributed by atoms with E-state index in [2.05, 4.69) is 14.8 Å². The van der Waals surface area contributed by atoms with E-state index in [-0.39, 0.29) is 6.42 Å². The summed E-state index contributed by atoms with van der Waals surface area (Å²) < 4.78 is 49.1. The lowest BCUT2D eigenvalue weighted by atomic mass is 9.97. The lowest BCUT2D eigenvalue weighted by Crippen LogP contribution is -2.46. The van der Waals surface area contributed by atoms with Gasteiger partial charge in [0, 0.05) is 12.1 Å². The van der Waals surface area contributed by atoms with Crippen LogP contribution in [-0.2, 0) is 19.1 Å². The van der Waals surface area contributed by atoms with E-state index in [1.54, 1.807) is 0 Å². The van der Waals surface area contributed by atoms with E-state index in [9.17, 15) is 27.6 Å². The molecule has 1 aromatic rings. The summed E-state index contributed by atoms with van der Waals surface area (Å²) in [4.78, 5) is 35.1. The van der Waals surface area contributed by atoms with Gasteiger partial charge in [-0.05, 0) is 5.92 Å². The van der Waals surface area contributed by atoms with Gasteiger partial charge in [0.1, 0.15) is 29.1 Å². The first-order valence-electron chi connectivity index (χ1n) is 6.81. The minimum atomic E-state index is -1.42. The van der Waals surface area contributed by atoms with Crippen molar-refractivity contribution in [2.75, 3.05) is 14.2 Å². The zero-order valence-electron chi connectivity index (χ0n) is 13.2. The summed E-state index contributed by atoms with van der Waals surface area (Å²) in [5.74, 6) is -7.65. The van der Waals surface area contributed by atoms with Gasteiger partial charge >= 0.3 is 11.9 Å². The molecule has 1 N–H and O–H groups in total. The van der Waals surface area contributed by atoms with Crippen molar-refractivity contribution in [3.63, 3.8) is 0 Å². The third kappa shape index (κ3) is 4.71. The fourth-order valence-electron chi connectivity index (χ4n) is 2.00. The van der Waals surface area contributed by atoms with E-state index in [0.717, 1.165) is 14.2 Å². The number of benzene rings is 1. The molecule has 9 heteroatoms. The van der Waals surface area contributed by atoms with E-state index in [4.69, 9.17) is 0 Å². The molecule has 24 heavy (non-hydrogen) atoms. The van der Waals surface area contributed by atoms with Crippen LogP contribution in [0.15, 0.2) is 12.1 Å². The van der Waals surface area contributed by atoms with Gasteiger partial charge in [0.2, 0.25) is 0 Å². The third-order valence-electron chi connectivity index (χ3n) is 3.26. The molecule has 6 nitrogen and oxygen atoms in total. The van der Waals surface area contributed by atoms with Crippen molar-refractivity contribution < 1.29 is 37.0 Å². The molecule has 0 saturated heterocycles. The Balaban J connectivity index is 3.04. The van der Waals surface area contributed by atoms with Gasteiger partial charge in [0.25, 0.3) is 5.91 Å². The van der Waals surface area contributed by atoms with Gasteiger partial charge in [-0.2, -0.15) is 0 Å². The van der Waals surface area contributed by atoms with Crippen LogP contribution in [0.3, 0.4) is 0 Å². The summed E-state index contributed by atoms with van der Waals surface area (Å²) in [6, 6.07) is -0.683. The SMILES string of the molecule is COC(=O)C[C@@H](C)[C@H](NC(=O)c1c(F)cc(F)cc1F)C(=O)OC. The van der Waals surface area contributed by atoms with Crippen LogP contribution in [-0.4, -0.2) is 38.1 Å². The van der Waals surface area contributed by atoms with Gasteiger partial charge < -0.3 is 14.8 Å². The molecule has 0 unspecified atom stereocenters. The Bertz CT molecular complexity index is 627. The highest BCUT2D eigenvalue weighted by atomic mass is 19.1. The second-order valence-corrected chi connectivity index (χ2v) is 4.98. The Labute approximate surface area is 135 Å². The second-order valence-electron chi connectivity index (χ2n) is 4.98. The molecule has 0 aliphatic rings. The summed E-state index contributed by atoms with van der Waals surface area (Å²) in [5, 5.41) is 2.09. The average molecular weight is 347 g/mol. The Hall–Kier alpha value is -2.58. The van der Waals surface area contributed by atoms with Crippen LogP contribution in [0.25, 0.3) is 0 Å². The number of ether oxygens (including phenoxy) is 2. The minimum absolute atomic E-state index is 0.245. The van der Waals surface area contributed by atoms with Gasteiger partial charge in [0.15, 0.2) is 0 Å². The summed E-state index contributed by atoms with van der Waals surface area (Å²) in [7, 11) is 2.19. The molecule has 0 radical (unpaired) electrons. The number of halogens is 3. The van der Waals surface area contributed by atoms with Gasteiger partial charge in [-0.1, -0.05) is 6.92 Å². The van der Waals surface area contributed by atoms with E-state index in [1.165, 1.54) is 6.92 Å². The van der Waals surface area contributed by atoms with Crippen LogP contribution >= 0.6 is 0 Å². The molecular weight excluding hydrogens is 331 g/mol. The fourth-order valence-corrected chi connectivity index (χ4v) is 2.00. The lowest BCUT2D eigenvalue weighted by Gasteiger charge is -2.22. The fraction of sp³-hybridized carbons (Fsp3) is 0.400. The maximum atomic E-state index is 13.6. The number of hydrogen-bond donors (Lipinski definition) is 1. The first kappa shape index (κ1) is 19.5. The molecule has 0 aliphatic heterocycles. The molecule has 0 heterocycles. The molecule has 2 atom stereocenters. The van der Waals surface area contributed by atoms with Crippen LogP contribution in [0.1, 0.15) is 23.7 Å². The van der Waals surface area contributed by atoms with Crippen molar-refractivity contribution in [1.29, 1.82) is 0 Å². The normalized spacial score (nSPS) is 12.9. The number of methoxy groups -OCH3 is 2. The number of esters is 2. The summed E-state index contributed by atoms with van der Waals surface area (Å²) in [6.07, 6.45) is -0.245. The van der Waals surface area contributed by atoms with Crippen molar-refractivity contribution in [2.24, 2.45) is 5.92 Å². The second kappa shape index (κ2) is 8.32. The maximum absolute atomic E-state index is 13.6. The molecule has 1 rings (SSSR count). The molecule has 1 amide bonds. The van der Waals surface area contributed by atoms with Crippen molar-refractivity contribution in [3.05, 3.63) is 35.1 Å². The highest BCUT2D eigenvalue weighted by Crippen LogP contribution is 2.17. The Kier molecular flexibility index (Phi) is 6.75. The zero-order chi connectivity index (χ0) is 18.4. The largest absolute Gasteiger partial charge is 0.469 e. The summed E-state index contributed by atoms with van der Waals surface area (Å²) in [6.45, 7) is 1.44. The quantitative estimate of drug-likeness (QED) is 0.790. The predicted octanol–water partition coefficient (Wildman–Crippen LogP) is 1.57. The molecule has 1 aromatic carbocycles. The number of amides is 1. The number of carbonyl (C=O) groups excluding carboxylic acids is 3. The minimum Gasteiger partial charge on any atom is -0.469 e. The van der Waals surface area contributed by atoms with E-state index in [0.29, 0.717) is 12.1 Å². The molecule has 0 fully saturated rings. The molecule has 132 valence electrons. The van der Waals surface area contributed by atoms with Gasteiger partial charge in [0.05, 0.1) is 20.6 Å². The number of carbonyl (C=O) groups is 3. The van der Waals surface area contributed by atoms with Crippen LogP contribution in [0.4, 0.5) is 13.2 Å². The Morgan fingerprint density at radius 3 is 2.08 bits per heavy atom. The van der Waals surface area contributed by atoms with Crippen molar-refractivity contribution in [2.45, 2.75) is 19.4 Å². The molecule has 0 aromatic heterocycles. The average Bonchev–Trinajstić information content (AvgIpc) is 2.50. The van der Waals surface area contributed by atoms with Gasteiger partial charge in [-0.25, -0.2) is 18.0 Å². The third-order valence-corrected chi connectivity index (χ3v) is 3.26. The Morgan fingerprint density at radius 2 is 1.62 bits per heavy atom. The number of nitrogens with one attached hydrogen (secondary N) is 1. The van der Waals surface area contributed by atoms with Gasteiger partial charge in [-0.15, -0.1) is 0 Å². The van der Waals surface area contributed by atoms with E-state index in [1.807, 2.05) is 0 Å². The smallest absolute Gasteiger partial charge is 0.328 e. The van der Waals surface area contributed by atoms with Crippen molar-refractivity contribution in [1.82, 2.24) is 5.32 Å². The van der Waals surface area contributed by atoms with Crippen molar-refractivity contribution in [3.8, 4) is 0 Å². The summed E-state index contributed by atoms with van der Waals surface area (Å²) >= 11 is 0. The zero-order valence-corrected chi connectivity index (χ0v) is 13.2. The predicted molar refractivity (Wildman–Crippen MR) is 75.4 cm³/mol. The molecule has 0 spiro atoms. The molecular formula is C15H16F3NO5. The van der Waals surface area contributed by atoms with Gasteiger partial charge in [-0.3, -0.25) is 9.59 Å². The van der Waals surface area contributed by atoms with Crippen LogP contribution in [0, 0.1) is 23.4 Å². The van der Waals surface area contributed by atoms with E-state index >= 15 is 0 Å². The van der Waals surface area contributed by atoms with Crippen LogP contribution in [0.5, 0.6) is 0 Å². The maximum Gasteiger partial charge on any atom is 0.328 e. The highest BCUT2D eigenvalue weighted by Gasteiger charge is 2.31. The van der Waals surface area contributed by atoms with Crippen LogP contribution in [0.2, 0.25) is 0 Å². The van der Waals surface area contributed by atoms with E-state index < -0.39 is 52.8 Å².